The van der Waals surface area contributed by atoms with E-state index in [0.717, 1.165) is 52.8 Å². The van der Waals surface area contributed by atoms with Crippen LogP contribution in [0.25, 0.3) is 0 Å². The third-order valence-electron chi connectivity index (χ3n) is 11.4. The molecule has 0 nitrogen and oxygen atoms in total. The lowest BCUT2D eigenvalue weighted by Gasteiger charge is -2.54. The first kappa shape index (κ1) is 21.3. The monoisotopic (exact) mass is 416 g/mol. The molecule has 5 fully saturated rings. The Hall–Kier alpha value is 0.430. The lowest BCUT2D eigenvalue weighted by molar-refractivity contribution is 0.108. The number of hydrogen-bond donors (Lipinski definition) is 0. The minimum Gasteiger partial charge on any atom is -0.106 e. The Labute approximate surface area is 183 Å². The molecular weight excluding hydrogens is 367 g/mol. The van der Waals surface area contributed by atoms with Gasteiger partial charge >= 0.3 is 0 Å². The lowest BCUT2D eigenvalue weighted by atomic mass is 9.66. The van der Waals surface area contributed by atoms with E-state index in [0.29, 0.717) is 7.92 Å². The van der Waals surface area contributed by atoms with E-state index < -0.39 is 0 Å². The molecule has 9 atom stereocenters. The van der Waals surface area contributed by atoms with Gasteiger partial charge in [-0.3, -0.25) is 0 Å². The maximum atomic E-state index is 2.70. The standard InChI is InChI=1S/C28H49P/c1-5-25(21-7-6-8-21)22-11-12-23(17-22)26-27-24(18-29(27)4)10-9-19(2)20(3)13-14-28(26)15-16-28/h19-27H,5-18H2,1-4H3. The molecule has 5 rings (SSSR count). The van der Waals surface area contributed by atoms with E-state index in [2.05, 4.69) is 27.4 Å². The molecule has 1 spiro atoms. The molecule has 0 amide bonds. The summed E-state index contributed by atoms with van der Waals surface area (Å²) in [5.74, 6) is 8.61. The molecule has 0 bridgehead atoms. The average molecular weight is 417 g/mol. The van der Waals surface area contributed by atoms with Gasteiger partial charge in [-0.15, -0.1) is 7.92 Å². The quantitative estimate of drug-likeness (QED) is 0.402. The summed E-state index contributed by atoms with van der Waals surface area (Å²) in [7, 11) is 0.339. The number of rotatable bonds is 4. The van der Waals surface area contributed by atoms with E-state index >= 15 is 0 Å². The van der Waals surface area contributed by atoms with Crippen molar-refractivity contribution in [1.29, 1.82) is 0 Å². The summed E-state index contributed by atoms with van der Waals surface area (Å²) in [6, 6.07) is 0. The summed E-state index contributed by atoms with van der Waals surface area (Å²) < 4.78 is 0. The summed E-state index contributed by atoms with van der Waals surface area (Å²) >= 11 is 0. The molecule has 1 aliphatic heterocycles. The van der Waals surface area contributed by atoms with Crippen molar-refractivity contribution in [3.63, 3.8) is 0 Å². The Kier molecular flexibility index (Phi) is 6.17. The topological polar surface area (TPSA) is 0 Å². The fraction of sp³-hybridized carbons (Fsp3) is 1.00. The van der Waals surface area contributed by atoms with Gasteiger partial charge < -0.3 is 0 Å². The highest BCUT2D eigenvalue weighted by atomic mass is 31.1. The zero-order valence-electron chi connectivity index (χ0n) is 20.0. The Morgan fingerprint density at radius 2 is 1.55 bits per heavy atom. The molecular formula is C28H49P. The van der Waals surface area contributed by atoms with Gasteiger partial charge in [0.2, 0.25) is 0 Å². The van der Waals surface area contributed by atoms with Crippen LogP contribution in [0.4, 0.5) is 0 Å². The van der Waals surface area contributed by atoms with Crippen LogP contribution >= 0.6 is 7.92 Å². The zero-order chi connectivity index (χ0) is 20.2. The van der Waals surface area contributed by atoms with Gasteiger partial charge in [0.25, 0.3) is 0 Å². The lowest BCUT2D eigenvalue weighted by Crippen LogP contribution is -2.46. The minimum atomic E-state index is 0.339. The van der Waals surface area contributed by atoms with Gasteiger partial charge in [0.1, 0.15) is 0 Å². The first-order valence-corrected chi connectivity index (χ1v) is 15.8. The van der Waals surface area contributed by atoms with Crippen LogP contribution in [0.15, 0.2) is 0 Å². The number of fused-ring (bicyclic) bond motifs is 1. The second kappa shape index (κ2) is 8.41. The number of hydrogen-bond acceptors (Lipinski definition) is 0. The molecule has 0 aromatic rings. The van der Waals surface area contributed by atoms with Crippen LogP contribution in [0.3, 0.4) is 0 Å². The summed E-state index contributed by atoms with van der Waals surface area (Å²) in [4.78, 5) is 0. The average Bonchev–Trinajstić information content (AvgIpc) is 3.30. The van der Waals surface area contributed by atoms with E-state index in [1.54, 1.807) is 63.9 Å². The Morgan fingerprint density at radius 3 is 2.17 bits per heavy atom. The van der Waals surface area contributed by atoms with Crippen molar-refractivity contribution in [3.8, 4) is 0 Å². The normalized spacial score (nSPS) is 48.4. The van der Waals surface area contributed by atoms with Crippen LogP contribution in [0.1, 0.15) is 104 Å². The van der Waals surface area contributed by atoms with Crippen LogP contribution in [0.5, 0.6) is 0 Å². The summed E-state index contributed by atoms with van der Waals surface area (Å²) in [5.41, 5.74) is 1.98. The maximum Gasteiger partial charge on any atom is -0.0144 e. The molecule has 0 N–H and O–H groups in total. The Morgan fingerprint density at radius 1 is 0.828 bits per heavy atom. The first-order valence-electron chi connectivity index (χ1n) is 13.7. The van der Waals surface area contributed by atoms with Gasteiger partial charge in [0.05, 0.1) is 0 Å². The van der Waals surface area contributed by atoms with Crippen LogP contribution in [-0.2, 0) is 0 Å². The third-order valence-corrected chi connectivity index (χ3v) is 14.2. The van der Waals surface area contributed by atoms with Crippen LogP contribution in [0, 0.1) is 52.8 Å². The highest BCUT2D eigenvalue weighted by Crippen LogP contribution is 2.71. The van der Waals surface area contributed by atoms with Crippen LogP contribution in [0.2, 0.25) is 0 Å². The van der Waals surface area contributed by atoms with Gasteiger partial charge in [0, 0.05) is 0 Å². The van der Waals surface area contributed by atoms with Crippen molar-refractivity contribution in [1.82, 2.24) is 0 Å². The third kappa shape index (κ3) is 3.89. The van der Waals surface area contributed by atoms with Crippen molar-refractivity contribution in [2.24, 2.45) is 52.8 Å². The highest BCUT2D eigenvalue weighted by molar-refractivity contribution is 7.59. The maximum absolute atomic E-state index is 2.70. The molecule has 4 saturated carbocycles. The van der Waals surface area contributed by atoms with E-state index in [-0.39, 0.29) is 0 Å². The van der Waals surface area contributed by atoms with Gasteiger partial charge in [-0.2, -0.15) is 0 Å². The van der Waals surface area contributed by atoms with Gasteiger partial charge in [-0.1, -0.05) is 52.9 Å². The van der Waals surface area contributed by atoms with Crippen LogP contribution < -0.4 is 0 Å². The van der Waals surface area contributed by atoms with Gasteiger partial charge in [0.15, 0.2) is 0 Å². The second-order valence-electron chi connectivity index (χ2n) is 12.7. The molecule has 4 aliphatic carbocycles. The van der Waals surface area contributed by atoms with Crippen molar-refractivity contribution in [2.45, 2.75) is 110 Å². The zero-order valence-corrected chi connectivity index (χ0v) is 20.9. The molecule has 0 aromatic heterocycles. The molecule has 9 unspecified atom stereocenters. The highest BCUT2D eigenvalue weighted by Gasteiger charge is 2.59. The fourth-order valence-corrected chi connectivity index (χ4v) is 12.0. The molecule has 5 aliphatic rings. The van der Waals surface area contributed by atoms with Crippen LogP contribution in [-0.4, -0.2) is 18.5 Å². The molecule has 0 radical (unpaired) electrons. The predicted octanol–water partition coefficient (Wildman–Crippen LogP) is 8.58. The molecule has 0 aromatic carbocycles. The largest absolute Gasteiger partial charge is 0.106 e. The summed E-state index contributed by atoms with van der Waals surface area (Å²) in [5, 5.41) is 0. The van der Waals surface area contributed by atoms with E-state index in [1.165, 1.54) is 31.3 Å². The van der Waals surface area contributed by atoms with Gasteiger partial charge in [-0.05, 0) is 123 Å². The second-order valence-corrected chi connectivity index (χ2v) is 15.2. The van der Waals surface area contributed by atoms with E-state index in [4.69, 9.17) is 0 Å². The first-order chi connectivity index (χ1) is 14.0. The van der Waals surface area contributed by atoms with Crippen molar-refractivity contribution >= 4 is 7.92 Å². The molecule has 1 saturated heterocycles. The van der Waals surface area contributed by atoms with E-state index in [1.807, 2.05) is 0 Å². The summed E-state index contributed by atoms with van der Waals surface area (Å²) in [6.45, 7) is 10.4. The summed E-state index contributed by atoms with van der Waals surface area (Å²) in [6.07, 6.45) is 22.0. The van der Waals surface area contributed by atoms with Gasteiger partial charge in [-0.25, -0.2) is 0 Å². The smallest absolute Gasteiger partial charge is 0.0144 e. The Balaban J connectivity index is 1.35. The predicted molar refractivity (Wildman–Crippen MR) is 129 cm³/mol. The van der Waals surface area contributed by atoms with E-state index in [9.17, 15) is 0 Å². The molecule has 29 heavy (non-hydrogen) atoms. The minimum absolute atomic E-state index is 0.339. The Bertz CT molecular complexity index is 561. The molecule has 1 heteroatoms. The fourth-order valence-electron chi connectivity index (χ4n) is 8.95. The SMILES string of the molecule is CCC(C1CCC1)C1CCC(C2C3C(CCC(C)C(C)CCC24CC4)CP3C)C1. The molecule has 1 heterocycles. The molecule has 166 valence electrons. The van der Waals surface area contributed by atoms with Crippen molar-refractivity contribution in [3.05, 3.63) is 0 Å². The van der Waals surface area contributed by atoms with Crippen molar-refractivity contribution in [2.75, 3.05) is 12.8 Å². The van der Waals surface area contributed by atoms with Crippen molar-refractivity contribution < 1.29 is 0 Å².